The molecule has 3 aromatic rings. The molecular formula is C16H13BrN2O2S. The molecule has 0 N–H and O–H groups in total. The van der Waals surface area contributed by atoms with E-state index in [9.17, 15) is 8.42 Å². The zero-order valence-electron chi connectivity index (χ0n) is 11.8. The largest absolute Gasteiger partial charge is 0.318 e. The van der Waals surface area contributed by atoms with Crippen LogP contribution in [0.1, 0.15) is 5.56 Å². The van der Waals surface area contributed by atoms with Gasteiger partial charge in [-0.05, 0) is 42.6 Å². The van der Waals surface area contributed by atoms with Crippen LogP contribution in [-0.2, 0) is 10.0 Å². The van der Waals surface area contributed by atoms with Gasteiger partial charge in [0.2, 0.25) is 0 Å². The summed E-state index contributed by atoms with van der Waals surface area (Å²) in [6.45, 7) is 1.91. The Morgan fingerprint density at radius 2 is 1.73 bits per heavy atom. The third kappa shape index (κ3) is 3.13. The molecule has 0 atom stereocenters. The molecule has 112 valence electrons. The van der Waals surface area contributed by atoms with E-state index in [1.54, 1.807) is 36.7 Å². The van der Waals surface area contributed by atoms with Crippen molar-refractivity contribution in [2.45, 2.75) is 11.8 Å². The summed E-state index contributed by atoms with van der Waals surface area (Å²) >= 11 is 3.41. The topological polar surface area (TPSA) is 52.1 Å². The lowest BCUT2D eigenvalue weighted by Crippen LogP contribution is -2.31. The molecule has 0 aliphatic carbocycles. The highest BCUT2D eigenvalue weighted by atomic mass is 79.9. The van der Waals surface area contributed by atoms with E-state index in [0.717, 1.165) is 20.8 Å². The summed E-state index contributed by atoms with van der Waals surface area (Å²) in [5, 5.41) is 1.92. The predicted octanol–water partition coefficient (Wildman–Crippen LogP) is 3.72. The second kappa shape index (κ2) is 5.70. The van der Waals surface area contributed by atoms with Crippen LogP contribution >= 0.6 is 15.9 Å². The van der Waals surface area contributed by atoms with Gasteiger partial charge in [0.15, 0.2) is 22.4 Å². The number of fused-ring (bicyclic) bond motifs is 1. The maximum absolute atomic E-state index is 12.3. The Morgan fingerprint density at radius 1 is 1.00 bits per heavy atom. The first-order valence-corrected chi connectivity index (χ1v) is 8.83. The van der Waals surface area contributed by atoms with Crippen LogP contribution in [-0.4, -0.2) is 8.42 Å². The van der Waals surface area contributed by atoms with Gasteiger partial charge in [0.25, 0.3) is 0 Å². The van der Waals surface area contributed by atoms with Gasteiger partial charge in [-0.3, -0.25) is 0 Å². The van der Waals surface area contributed by atoms with Crippen LogP contribution in [0.25, 0.3) is 15.6 Å². The molecule has 0 unspecified atom stereocenters. The molecule has 3 rings (SSSR count). The summed E-state index contributed by atoms with van der Waals surface area (Å²) in [4.78, 5) is 4.02. The average molecular weight is 377 g/mol. The number of hydrogen-bond donors (Lipinski definition) is 0. The fourth-order valence-electron chi connectivity index (χ4n) is 2.08. The number of pyridine rings is 1. The molecule has 0 radical (unpaired) electrons. The van der Waals surface area contributed by atoms with Gasteiger partial charge < -0.3 is 4.83 Å². The molecule has 0 amide bonds. The smallest absolute Gasteiger partial charge is 0.172 e. The van der Waals surface area contributed by atoms with Crippen molar-refractivity contribution < 1.29 is 13.1 Å². The molecule has 6 heteroatoms. The highest BCUT2D eigenvalue weighted by molar-refractivity contribution is 9.10. The minimum atomic E-state index is -3.73. The van der Waals surface area contributed by atoms with Gasteiger partial charge in [-0.25, -0.2) is 13.1 Å². The highest BCUT2D eigenvalue weighted by Crippen LogP contribution is 2.19. The molecule has 0 saturated carbocycles. The van der Waals surface area contributed by atoms with Crippen molar-refractivity contribution in [3.63, 3.8) is 0 Å². The van der Waals surface area contributed by atoms with E-state index in [0.29, 0.717) is 0 Å². The van der Waals surface area contributed by atoms with Gasteiger partial charge in [0.05, 0.1) is 4.90 Å². The van der Waals surface area contributed by atoms with E-state index in [1.165, 1.54) is 4.68 Å². The number of benzene rings is 2. The zero-order chi connectivity index (χ0) is 15.7. The normalized spacial score (nSPS) is 11.5. The molecule has 1 heterocycles. The second-order valence-corrected chi connectivity index (χ2v) is 7.47. The lowest BCUT2D eigenvalue weighted by Gasteiger charge is -2.14. The van der Waals surface area contributed by atoms with Crippen molar-refractivity contribution in [2.24, 2.45) is 0 Å². The Balaban J connectivity index is 1.95. The molecule has 0 aliphatic rings. The van der Waals surface area contributed by atoms with E-state index in [4.69, 9.17) is 0 Å². The summed E-state index contributed by atoms with van der Waals surface area (Å²) in [6.07, 6.45) is 3.31. The van der Waals surface area contributed by atoms with Crippen LogP contribution in [0, 0.1) is 6.92 Å². The van der Waals surface area contributed by atoms with Gasteiger partial charge in [-0.2, -0.15) is 0 Å². The van der Waals surface area contributed by atoms with Crippen molar-refractivity contribution >= 4 is 36.7 Å². The Hall–Kier alpha value is -1.92. The summed E-state index contributed by atoms with van der Waals surface area (Å²) in [5.41, 5.74) is 1.00. The Morgan fingerprint density at radius 3 is 2.45 bits per heavy atom. The lowest BCUT2D eigenvalue weighted by atomic mass is 10.2. The van der Waals surface area contributed by atoms with Gasteiger partial charge in [0.1, 0.15) is 0 Å². The summed E-state index contributed by atoms with van der Waals surface area (Å²) in [7, 11) is -3.73. The van der Waals surface area contributed by atoms with Gasteiger partial charge >= 0.3 is 0 Å². The molecular weight excluding hydrogens is 364 g/mol. The number of hydrogen-bond acceptors (Lipinski definition) is 2. The molecule has 0 fully saturated rings. The van der Waals surface area contributed by atoms with E-state index in [2.05, 4.69) is 20.8 Å². The fourth-order valence-corrected chi connectivity index (χ4v) is 3.38. The van der Waals surface area contributed by atoms with E-state index < -0.39 is 10.0 Å². The van der Waals surface area contributed by atoms with E-state index in [-0.39, 0.29) is 4.90 Å². The van der Waals surface area contributed by atoms with Crippen LogP contribution in [0.4, 0.5) is 0 Å². The maximum Gasteiger partial charge on any atom is 0.172 e. The van der Waals surface area contributed by atoms with Gasteiger partial charge in [0, 0.05) is 15.9 Å². The minimum Gasteiger partial charge on any atom is -0.318 e. The molecule has 22 heavy (non-hydrogen) atoms. The summed E-state index contributed by atoms with van der Waals surface area (Å²) in [6, 6.07) is 14.2. The number of sulfonamides is 1. The van der Waals surface area contributed by atoms with Crippen LogP contribution in [0.3, 0.4) is 0 Å². The third-order valence-electron chi connectivity index (χ3n) is 3.25. The molecule has 0 aliphatic heterocycles. The first-order chi connectivity index (χ1) is 10.4. The van der Waals surface area contributed by atoms with Gasteiger partial charge in [-0.1, -0.05) is 33.6 Å². The SMILES string of the molecule is Cc1ccc(S(=O)(=O)[N-][n+]2ccc3cc(Br)ccc3c2)cc1. The monoisotopic (exact) mass is 376 g/mol. The van der Waals surface area contributed by atoms with Crippen molar-refractivity contribution in [1.29, 1.82) is 0 Å². The van der Waals surface area contributed by atoms with Crippen molar-refractivity contribution in [1.82, 2.24) is 0 Å². The Kier molecular flexibility index (Phi) is 3.88. The van der Waals surface area contributed by atoms with E-state index >= 15 is 0 Å². The first-order valence-electron chi connectivity index (χ1n) is 6.60. The van der Waals surface area contributed by atoms with E-state index in [1.807, 2.05) is 31.2 Å². The molecule has 0 spiro atoms. The molecule has 4 nitrogen and oxygen atoms in total. The quantitative estimate of drug-likeness (QED) is 0.654. The number of aromatic nitrogens is 1. The van der Waals surface area contributed by atoms with Crippen LogP contribution in [0.15, 0.2) is 70.3 Å². The fraction of sp³-hybridized carbons (Fsp3) is 0.0625. The minimum absolute atomic E-state index is 0.182. The molecule has 1 aromatic heterocycles. The Labute approximate surface area is 137 Å². The standard InChI is InChI=1S/C16H13BrN2O2S/c1-12-2-6-16(7-3-12)22(20,21)18-19-9-8-13-10-15(17)5-4-14(13)11-19/h2-11H,1H3. The second-order valence-electron chi connectivity index (χ2n) is 4.97. The number of halogens is 1. The van der Waals surface area contributed by atoms with Crippen molar-refractivity contribution in [3.8, 4) is 0 Å². The van der Waals surface area contributed by atoms with Crippen LogP contribution < -0.4 is 4.68 Å². The number of rotatable bonds is 3. The average Bonchev–Trinajstić information content (AvgIpc) is 2.47. The zero-order valence-corrected chi connectivity index (χ0v) is 14.2. The molecule has 0 bridgehead atoms. The molecule has 0 saturated heterocycles. The third-order valence-corrected chi connectivity index (χ3v) is 5.01. The summed E-state index contributed by atoms with van der Waals surface area (Å²) in [5.74, 6) is 0. The summed E-state index contributed by atoms with van der Waals surface area (Å²) < 4.78 is 26.9. The van der Waals surface area contributed by atoms with Gasteiger partial charge in [-0.15, -0.1) is 0 Å². The maximum atomic E-state index is 12.3. The van der Waals surface area contributed by atoms with Crippen molar-refractivity contribution in [3.05, 3.63) is 75.8 Å². The number of nitrogens with zero attached hydrogens (tertiary/aromatic N) is 2. The lowest BCUT2D eigenvalue weighted by molar-refractivity contribution is -0.612. The van der Waals surface area contributed by atoms with Crippen LogP contribution in [0.5, 0.6) is 0 Å². The first kappa shape index (κ1) is 15.0. The van der Waals surface area contributed by atoms with Crippen LogP contribution in [0.2, 0.25) is 0 Å². The highest BCUT2D eigenvalue weighted by Gasteiger charge is 2.09. The molecule has 2 aromatic carbocycles. The predicted molar refractivity (Wildman–Crippen MR) is 89.0 cm³/mol. The Bertz CT molecular complexity index is 938. The van der Waals surface area contributed by atoms with Crippen molar-refractivity contribution in [2.75, 3.05) is 0 Å². The number of aryl methyl sites for hydroxylation is 1.